The van der Waals surface area contributed by atoms with Crippen LogP contribution in [0.5, 0.6) is 5.75 Å². The van der Waals surface area contributed by atoms with Crippen LogP contribution in [-0.2, 0) is 43.2 Å². The van der Waals surface area contributed by atoms with Gasteiger partial charge in [-0.3, -0.25) is 4.68 Å². The molecule has 11 heteroatoms. The van der Waals surface area contributed by atoms with Crippen LogP contribution in [0.4, 0.5) is 4.79 Å². The van der Waals surface area contributed by atoms with Gasteiger partial charge < -0.3 is 28.7 Å². The van der Waals surface area contributed by atoms with E-state index in [-0.39, 0.29) is 11.6 Å². The molecule has 0 aliphatic heterocycles. The number of rotatable bonds is 15. The first-order valence-corrected chi connectivity index (χ1v) is 19.9. The van der Waals surface area contributed by atoms with Crippen molar-refractivity contribution in [3.63, 3.8) is 0 Å². The molecule has 0 radical (unpaired) electrons. The lowest BCUT2D eigenvalue weighted by molar-refractivity contribution is -0.165. The number of nitrogens with zero attached hydrogens (tertiary/aromatic N) is 2. The molecule has 1 amide bonds. The van der Waals surface area contributed by atoms with E-state index >= 15 is 0 Å². The molecule has 270 valence electrons. The summed E-state index contributed by atoms with van der Waals surface area (Å²) >= 11 is 0. The van der Waals surface area contributed by atoms with Crippen molar-refractivity contribution >= 4 is 20.4 Å². The number of ether oxygens (including phenoxy) is 4. The third-order valence-electron chi connectivity index (χ3n) is 7.90. The maximum atomic E-state index is 13.1. The van der Waals surface area contributed by atoms with Crippen molar-refractivity contribution in [2.24, 2.45) is 0 Å². The van der Waals surface area contributed by atoms with Crippen LogP contribution in [0.25, 0.3) is 11.3 Å². The lowest BCUT2D eigenvalue weighted by Crippen LogP contribution is -2.49. The summed E-state index contributed by atoms with van der Waals surface area (Å²) < 4.78 is 31.6. The van der Waals surface area contributed by atoms with Gasteiger partial charge in [-0.1, -0.05) is 51.1 Å². The molecule has 0 fully saturated rings. The summed E-state index contributed by atoms with van der Waals surface area (Å²) in [5.74, 6) is 0.179. The average Bonchev–Trinajstić information content (AvgIpc) is 3.38. The van der Waals surface area contributed by atoms with Crippen LogP contribution in [0.15, 0.2) is 60.7 Å². The molecule has 0 saturated heterocycles. The zero-order valence-corrected chi connectivity index (χ0v) is 32.3. The van der Waals surface area contributed by atoms with Gasteiger partial charge in [0.25, 0.3) is 0 Å². The molecule has 2 aromatic carbocycles. The maximum absolute atomic E-state index is 13.1. The van der Waals surface area contributed by atoms with Gasteiger partial charge >= 0.3 is 12.1 Å². The molecule has 3 aromatic rings. The number of benzene rings is 2. The molecular formula is C38H57N3O7Si. The van der Waals surface area contributed by atoms with Gasteiger partial charge in [-0.2, -0.15) is 5.10 Å². The van der Waals surface area contributed by atoms with Gasteiger partial charge in [0.15, 0.2) is 14.4 Å². The fraction of sp³-hybridized carbons (Fsp3) is 0.553. The smallest absolute Gasteiger partial charge is 0.407 e. The Morgan fingerprint density at radius 3 is 2.08 bits per heavy atom. The number of esters is 1. The molecule has 0 saturated carbocycles. The number of hydrogen-bond donors (Lipinski definition) is 1. The van der Waals surface area contributed by atoms with Gasteiger partial charge in [0.1, 0.15) is 23.6 Å². The molecule has 0 aliphatic carbocycles. The lowest BCUT2D eigenvalue weighted by atomic mass is 10.1. The van der Waals surface area contributed by atoms with Crippen molar-refractivity contribution in [3.05, 3.63) is 71.9 Å². The highest BCUT2D eigenvalue weighted by molar-refractivity contribution is 6.74. The summed E-state index contributed by atoms with van der Waals surface area (Å²) in [5.41, 5.74) is 2.52. The Hall–Kier alpha value is -3.67. The molecule has 1 atom stereocenters. The van der Waals surface area contributed by atoms with Gasteiger partial charge in [-0.15, -0.1) is 0 Å². The highest BCUT2D eigenvalue weighted by Gasteiger charge is 2.42. The van der Waals surface area contributed by atoms with Crippen molar-refractivity contribution in [2.75, 3.05) is 13.2 Å². The highest BCUT2D eigenvalue weighted by Crippen LogP contribution is 2.37. The van der Waals surface area contributed by atoms with Crippen LogP contribution in [0, 0.1) is 0 Å². The number of aromatic nitrogens is 2. The number of hydrogen-bond acceptors (Lipinski definition) is 8. The molecule has 49 heavy (non-hydrogen) atoms. The van der Waals surface area contributed by atoms with Crippen molar-refractivity contribution in [3.8, 4) is 17.0 Å². The van der Waals surface area contributed by atoms with E-state index in [0.29, 0.717) is 38.5 Å². The summed E-state index contributed by atoms with van der Waals surface area (Å²) in [6.45, 7) is 23.6. The van der Waals surface area contributed by atoms with E-state index in [1.165, 1.54) is 0 Å². The standard InChI is InChI=1S/C38H57N3O7Si/c1-36(2,3)46-34(42)33(48-49(10,11)38(7,8)9)27-45-31-20-18-29(19-21-31)32-24-30(26-44-25-28-16-13-12-14-17-28)41(40-32)23-15-22-39-35(43)47-37(4,5)6/h12-14,16-21,24,33H,15,22-23,25-27H2,1-11H3,(H,39,43)/t33-/m1/s1. The molecule has 0 aliphatic rings. The van der Waals surface area contributed by atoms with Gasteiger partial charge in [-0.25, -0.2) is 9.59 Å². The summed E-state index contributed by atoms with van der Waals surface area (Å²) in [7, 11) is -2.29. The van der Waals surface area contributed by atoms with Crippen LogP contribution in [0.2, 0.25) is 18.1 Å². The Morgan fingerprint density at radius 2 is 1.49 bits per heavy atom. The van der Waals surface area contributed by atoms with Crippen LogP contribution in [0.3, 0.4) is 0 Å². The molecule has 10 nitrogen and oxygen atoms in total. The van der Waals surface area contributed by atoms with E-state index in [4.69, 9.17) is 28.5 Å². The second kappa shape index (κ2) is 16.8. The molecule has 3 rings (SSSR count). The fourth-order valence-electron chi connectivity index (χ4n) is 4.43. The van der Waals surface area contributed by atoms with Crippen molar-refractivity contribution in [1.29, 1.82) is 0 Å². The summed E-state index contributed by atoms with van der Waals surface area (Å²) in [6, 6.07) is 19.7. The second-order valence-electron chi connectivity index (χ2n) is 15.7. The zero-order chi connectivity index (χ0) is 36.5. The van der Waals surface area contributed by atoms with Crippen LogP contribution >= 0.6 is 0 Å². The quantitative estimate of drug-likeness (QED) is 0.0961. The number of carbonyl (C=O) groups excluding carboxylic acids is 2. The Balaban J connectivity index is 1.71. The topological polar surface area (TPSA) is 110 Å². The minimum absolute atomic E-state index is 0.0373. The highest BCUT2D eigenvalue weighted by atomic mass is 28.4. The van der Waals surface area contributed by atoms with E-state index in [1.807, 2.05) is 107 Å². The normalized spacial score (nSPS) is 13.1. The molecule has 0 bridgehead atoms. The molecule has 0 unspecified atom stereocenters. The summed E-state index contributed by atoms with van der Waals surface area (Å²) in [5, 5.41) is 7.61. The number of alkyl carbamates (subject to hydrolysis) is 1. The lowest BCUT2D eigenvalue weighted by Gasteiger charge is -2.39. The van der Waals surface area contributed by atoms with Crippen molar-refractivity contribution in [2.45, 2.75) is 124 Å². The van der Waals surface area contributed by atoms with Crippen molar-refractivity contribution in [1.82, 2.24) is 15.1 Å². The number of carbonyl (C=O) groups is 2. The third kappa shape index (κ3) is 13.6. The molecule has 0 spiro atoms. The summed E-state index contributed by atoms with van der Waals surface area (Å²) in [4.78, 5) is 25.2. The second-order valence-corrected chi connectivity index (χ2v) is 20.5. The largest absolute Gasteiger partial charge is 0.490 e. The van der Waals surface area contributed by atoms with Crippen molar-refractivity contribution < 1.29 is 33.0 Å². The minimum atomic E-state index is -2.29. The maximum Gasteiger partial charge on any atom is 0.407 e. The molecular weight excluding hydrogens is 639 g/mol. The molecule has 1 aromatic heterocycles. The van der Waals surface area contributed by atoms with E-state index in [2.05, 4.69) is 39.2 Å². The summed E-state index contributed by atoms with van der Waals surface area (Å²) in [6.07, 6.45) is -0.626. The predicted octanol–water partition coefficient (Wildman–Crippen LogP) is 8.29. The molecule has 1 heterocycles. The fourth-order valence-corrected chi connectivity index (χ4v) is 5.66. The van der Waals surface area contributed by atoms with Crippen LogP contribution < -0.4 is 10.1 Å². The van der Waals surface area contributed by atoms with E-state index in [0.717, 1.165) is 22.5 Å². The van der Waals surface area contributed by atoms with E-state index in [1.54, 1.807) is 0 Å². The number of amides is 1. The van der Waals surface area contributed by atoms with Gasteiger partial charge in [-0.05, 0) is 102 Å². The Bertz CT molecular complexity index is 1480. The first kappa shape index (κ1) is 39.8. The zero-order valence-electron chi connectivity index (χ0n) is 31.3. The van der Waals surface area contributed by atoms with Gasteiger partial charge in [0.05, 0.1) is 24.6 Å². The first-order valence-electron chi connectivity index (χ1n) is 17.0. The first-order chi connectivity index (χ1) is 22.7. The van der Waals surface area contributed by atoms with E-state index in [9.17, 15) is 9.59 Å². The predicted molar refractivity (Wildman–Crippen MR) is 195 cm³/mol. The third-order valence-corrected chi connectivity index (χ3v) is 12.4. The average molecular weight is 696 g/mol. The van der Waals surface area contributed by atoms with Gasteiger partial charge in [0.2, 0.25) is 0 Å². The Morgan fingerprint density at radius 1 is 0.857 bits per heavy atom. The van der Waals surface area contributed by atoms with Crippen LogP contribution in [0.1, 0.15) is 80.0 Å². The molecule has 1 N–H and O–H groups in total. The Labute approximate surface area is 293 Å². The SMILES string of the molecule is CC(C)(C)OC(=O)NCCCn1nc(-c2ccc(OC[C@@H](O[Si](C)(C)C(C)(C)C)C(=O)OC(C)(C)C)cc2)cc1COCc1ccccc1. The van der Waals surface area contributed by atoms with E-state index < -0.39 is 37.7 Å². The van der Waals surface area contributed by atoms with Gasteiger partial charge in [0, 0.05) is 18.7 Å². The number of aryl methyl sites for hydroxylation is 1. The Kier molecular flexibility index (Phi) is 13.7. The monoisotopic (exact) mass is 695 g/mol. The number of nitrogens with one attached hydrogen (secondary N) is 1. The minimum Gasteiger partial charge on any atom is -0.490 e. The van der Waals surface area contributed by atoms with Crippen LogP contribution in [-0.4, -0.2) is 60.6 Å².